The van der Waals surface area contributed by atoms with E-state index >= 15 is 0 Å². The van der Waals surface area contributed by atoms with Crippen LogP contribution in [0.15, 0.2) is 111 Å². The number of fused-ring (bicyclic) bond motifs is 3. The second-order valence-electron chi connectivity index (χ2n) is 21.1. The van der Waals surface area contributed by atoms with Gasteiger partial charge < -0.3 is 24.6 Å². The maximum atomic E-state index is 14.4. The number of nitrogens with zero attached hydrogens (tertiary/aromatic N) is 4. The van der Waals surface area contributed by atoms with Crippen molar-refractivity contribution in [2.24, 2.45) is 5.41 Å². The molecule has 0 radical (unpaired) electrons. The summed E-state index contributed by atoms with van der Waals surface area (Å²) in [5, 5.41) is 2.99. The van der Waals surface area contributed by atoms with Crippen molar-refractivity contribution in [3.8, 4) is 5.75 Å². The summed E-state index contributed by atoms with van der Waals surface area (Å²) in [7, 11) is -11.1. The van der Waals surface area contributed by atoms with Gasteiger partial charge in [0.05, 0.1) is 22.3 Å². The molecule has 21 heteroatoms. The summed E-state index contributed by atoms with van der Waals surface area (Å²) < 4.78 is 125. The van der Waals surface area contributed by atoms with E-state index in [-0.39, 0.29) is 29.4 Å². The van der Waals surface area contributed by atoms with E-state index in [9.17, 15) is 44.0 Å². The first-order valence-corrected chi connectivity index (χ1v) is 28.7. The molecule has 4 aromatic rings. The average Bonchev–Trinajstić information content (AvgIpc) is 3.34. The van der Waals surface area contributed by atoms with Crippen LogP contribution in [0.5, 0.6) is 5.75 Å². The number of piperazine rings is 2. The molecule has 0 unspecified atom stereocenters. The standard InChI is InChI=1S/C53H64F4N6O8S3/c1-51(2,3)71-50(65)62-26-23-60(24-27-62)22-20-40(35-72-42-9-7-6-8-10-42)58-45-17-16-43(30-48(45)73(66,67)53(55,56)57)74(68,69)59-49(64)37-13-18-46-47(29-37)70-34-41-33-61(25-28-63(41)46)32-38-31-52(4,5)21-19-44(38)36-11-14-39(54)15-12-36/h6-18,29-30,40-41,58H,19-28,31-35H2,1-5H3,(H,59,64)/t40-,41+/m1/s1. The monoisotopic (exact) mass is 1080 g/mol. The number of alkyl halides is 3. The minimum atomic E-state index is -6.14. The van der Waals surface area contributed by atoms with Crippen molar-refractivity contribution in [1.82, 2.24) is 19.4 Å². The molecule has 4 aliphatic rings. The van der Waals surface area contributed by atoms with Gasteiger partial charge in [0.1, 0.15) is 28.7 Å². The van der Waals surface area contributed by atoms with Gasteiger partial charge in [0.25, 0.3) is 25.8 Å². The Morgan fingerprint density at radius 3 is 2.27 bits per heavy atom. The quantitative estimate of drug-likeness (QED) is 0.0859. The Hall–Kier alpha value is -5.35. The number of nitrogens with one attached hydrogen (secondary N) is 2. The van der Waals surface area contributed by atoms with E-state index in [2.05, 4.69) is 33.9 Å². The molecule has 74 heavy (non-hydrogen) atoms. The molecule has 0 aromatic heterocycles. The van der Waals surface area contributed by atoms with Crippen LogP contribution in [0.1, 0.15) is 76.2 Å². The summed E-state index contributed by atoms with van der Waals surface area (Å²) in [6.45, 7) is 15.3. The third kappa shape index (κ3) is 13.4. The van der Waals surface area contributed by atoms with Gasteiger partial charge in [-0.25, -0.2) is 30.7 Å². The Balaban J connectivity index is 0.951. The molecule has 3 aliphatic heterocycles. The smallest absolute Gasteiger partial charge is 0.489 e. The fourth-order valence-electron chi connectivity index (χ4n) is 9.88. The van der Waals surface area contributed by atoms with Crippen LogP contribution in [0.4, 0.5) is 33.7 Å². The van der Waals surface area contributed by atoms with Gasteiger partial charge in [-0.2, -0.15) is 13.2 Å². The minimum Gasteiger partial charge on any atom is -0.489 e. The van der Waals surface area contributed by atoms with Crippen LogP contribution in [0.25, 0.3) is 5.57 Å². The molecule has 0 saturated carbocycles. The molecule has 2 N–H and O–H groups in total. The molecule has 0 spiro atoms. The topological polar surface area (TPSA) is 158 Å². The van der Waals surface area contributed by atoms with Crippen molar-refractivity contribution in [3.05, 3.63) is 114 Å². The predicted octanol–water partition coefficient (Wildman–Crippen LogP) is 9.30. The highest BCUT2D eigenvalue weighted by Gasteiger charge is 2.49. The zero-order valence-corrected chi connectivity index (χ0v) is 44.7. The van der Waals surface area contributed by atoms with Crippen LogP contribution >= 0.6 is 11.8 Å². The minimum absolute atomic E-state index is 0.0197. The van der Waals surface area contributed by atoms with Gasteiger partial charge in [0, 0.05) is 81.2 Å². The van der Waals surface area contributed by atoms with Gasteiger partial charge >= 0.3 is 11.6 Å². The maximum Gasteiger partial charge on any atom is 0.501 e. The van der Waals surface area contributed by atoms with E-state index in [4.69, 9.17) is 9.47 Å². The van der Waals surface area contributed by atoms with E-state index < -0.39 is 64.5 Å². The van der Waals surface area contributed by atoms with Gasteiger partial charge in [0.2, 0.25) is 0 Å². The fourth-order valence-corrected chi connectivity index (χ4v) is 12.9. The molecule has 2 amide bonds. The average molecular weight is 1090 g/mol. The van der Waals surface area contributed by atoms with Crippen LogP contribution in [-0.4, -0.2) is 138 Å². The number of anilines is 2. The highest BCUT2D eigenvalue weighted by molar-refractivity contribution is 7.99. The Bertz CT molecular complexity index is 2950. The van der Waals surface area contributed by atoms with Gasteiger partial charge in [-0.1, -0.05) is 49.8 Å². The second-order valence-corrected chi connectivity index (χ2v) is 25.8. The van der Waals surface area contributed by atoms with Crippen molar-refractivity contribution in [2.75, 3.05) is 81.5 Å². The van der Waals surface area contributed by atoms with Crippen LogP contribution in [0.2, 0.25) is 0 Å². The van der Waals surface area contributed by atoms with E-state index in [0.717, 1.165) is 60.6 Å². The predicted molar refractivity (Wildman–Crippen MR) is 278 cm³/mol. The Morgan fingerprint density at radius 1 is 0.878 bits per heavy atom. The number of allylic oxidation sites excluding steroid dienone is 1. The van der Waals surface area contributed by atoms with Crippen molar-refractivity contribution in [2.45, 2.75) is 98.2 Å². The highest BCUT2D eigenvalue weighted by Crippen LogP contribution is 2.44. The molecule has 2 atom stereocenters. The van der Waals surface area contributed by atoms with Gasteiger partial charge in [-0.15, -0.1) is 11.8 Å². The Labute approximate surface area is 435 Å². The van der Waals surface area contributed by atoms with E-state index in [1.54, 1.807) is 31.7 Å². The lowest BCUT2D eigenvalue weighted by atomic mass is 9.72. The molecule has 4 aromatic carbocycles. The number of hydrogen-bond donors (Lipinski definition) is 2. The Kier molecular flexibility index (Phi) is 16.4. The number of sulfonamides is 1. The summed E-state index contributed by atoms with van der Waals surface area (Å²) >= 11 is 1.41. The van der Waals surface area contributed by atoms with Gasteiger partial charge in [-0.05, 0) is 124 Å². The number of thioether (sulfide) groups is 1. The zero-order chi connectivity index (χ0) is 53.2. The van der Waals surface area contributed by atoms with Crippen molar-refractivity contribution >= 4 is 60.6 Å². The lowest BCUT2D eigenvalue weighted by Crippen LogP contribution is -2.57. The van der Waals surface area contributed by atoms with Crippen LogP contribution in [0, 0.1) is 11.2 Å². The first kappa shape index (κ1) is 54.9. The number of rotatable bonds is 15. The van der Waals surface area contributed by atoms with E-state index in [0.29, 0.717) is 69.8 Å². The molecule has 0 bridgehead atoms. The van der Waals surface area contributed by atoms with Crippen molar-refractivity contribution in [3.63, 3.8) is 0 Å². The number of carbonyl (C=O) groups is 2. The summed E-state index contributed by atoms with van der Waals surface area (Å²) in [4.78, 5) is 33.3. The summed E-state index contributed by atoms with van der Waals surface area (Å²) in [6, 6.07) is 22.2. The summed E-state index contributed by atoms with van der Waals surface area (Å²) in [5.41, 5.74) is -2.52. The fraction of sp³-hybridized carbons (Fsp3) is 0.472. The summed E-state index contributed by atoms with van der Waals surface area (Å²) in [5.74, 6) is -0.724. The number of ether oxygens (including phenoxy) is 2. The lowest BCUT2D eigenvalue weighted by Gasteiger charge is -2.46. The van der Waals surface area contributed by atoms with E-state index in [1.165, 1.54) is 47.2 Å². The second kappa shape index (κ2) is 22.1. The number of benzene rings is 4. The van der Waals surface area contributed by atoms with Crippen molar-refractivity contribution in [1.29, 1.82) is 0 Å². The number of hydrogen-bond acceptors (Lipinski definition) is 13. The van der Waals surface area contributed by atoms with Crippen LogP contribution < -0.4 is 19.7 Å². The van der Waals surface area contributed by atoms with Crippen molar-refractivity contribution < 1.29 is 53.5 Å². The molecule has 2 fully saturated rings. The first-order chi connectivity index (χ1) is 34.8. The number of halogens is 4. The largest absolute Gasteiger partial charge is 0.501 e. The lowest BCUT2D eigenvalue weighted by molar-refractivity contribution is -0.0436. The van der Waals surface area contributed by atoms with Crippen LogP contribution in [0.3, 0.4) is 0 Å². The zero-order valence-electron chi connectivity index (χ0n) is 42.2. The maximum absolute atomic E-state index is 14.4. The molecular weight excluding hydrogens is 1020 g/mol. The first-order valence-electron chi connectivity index (χ1n) is 24.7. The molecule has 2 saturated heterocycles. The number of carbonyl (C=O) groups excluding carboxylic acids is 2. The number of sulfone groups is 1. The van der Waals surface area contributed by atoms with Gasteiger partial charge in [0.15, 0.2) is 0 Å². The molecule has 14 nitrogen and oxygen atoms in total. The third-order valence-corrected chi connectivity index (χ3v) is 17.8. The normalized spacial score (nSPS) is 19.2. The molecule has 8 rings (SSSR count). The molecule has 3 heterocycles. The molecule has 400 valence electrons. The third-order valence-electron chi connectivity index (χ3n) is 13.8. The highest BCUT2D eigenvalue weighted by atomic mass is 32.2. The molecular formula is C53H64F4N6O8S3. The van der Waals surface area contributed by atoms with Gasteiger partial charge in [-0.3, -0.25) is 14.6 Å². The van der Waals surface area contributed by atoms with E-state index in [1.807, 2.05) is 47.2 Å². The van der Waals surface area contributed by atoms with Crippen LogP contribution in [-0.2, 0) is 24.6 Å². The molecule has 1 aliphatic carbocycles. The number of amides is 2. The SMILES string of the molecule is CC1(C)CCC(c2ccc(F)cc2)=C(CN2CCN3c4ccc(C(=O)NS(=O)(=O)c5ccc(N[C@H](CCN6CCN(C(=O)OC(C)(C)C)CC6)CSc6ccccc6)c(S(=O)(=O)C(F)(F)F)c5)cc4OC[C@@H]3C2)C1. The summed E-state index contributed by atoms with van der Waals surface area (Å²) in [6.07, 6.45) is 2.79. The Morgan fingerprint density at radius 2 is 1.58 bits per heavy atom.